The van der Waals surface area contributed by atoms with E-state index in [-0.39, 0.29) is 10.6 Å². The Labute approximate surface area is 122 Å². The Hall–Kier alpha value is -1.79. The molecule has 0 fully saturated rings. The van der Waals surface area contributed by atoms with E-state index in [9.17, 15) is 8.42 Å². The van der Waals surface area contributed by atoms with Crippen LogP contribution in [0.1, 0.15) is 11.3 Å². The van der Waals surface area contributed by atoms with Crippen molar-refractivity contribution in [2.24, 2.45) is 0 Å². The van der Waals surface area contributed by atoms with Gasteiger partial charge in [-0.3, -0.25) is 4.72 Å². The van der Waals surface area contributed by atoms with Crippen molar-refractivity contribution < 1.29 is 8.42 Å². The first-order chi connectivity index (χ1) is 9.31. The summed E-state index contributed by atoms with van der Waals surface area (Å²) in [6.07, 6.45) is 0. The van der Waals surface area contributed by atoms with Crippen LogP contribution in [0.3, 0.4) is 0 Å². The highest BCUT2D eigenvalue weighted by atomic mass is 35.5. The molecule has 1 heterocycles. The van der Waals surface area contributed by atoms with E-state index in [0.29, 0.717) is 22.1 Å². The molecule has 106 valence electrons. The van der Waals surface area contributed by atoms with Crippen LogP contribution < -0.4 is 10.5 Å². The Balaban J connectivity index is 2.46. The minimum atomic E-state index is -3.77. The van der Waals surface area contributed by atoms with Gasteiger partial charge in [0.25, 0.3) is 10.0 Å². The number of rotatable bonds is 3. The third kappa shape index (κ3) is 2.86. The van der Waals surface area contributed by atoms with E-state index in [0.717, 1.165) is 0 Å². The minimum Gasteiger partial charge on any atom is -0.398 e. The third-order valence-electron chi connectivity index (χ3n) is 2.81. The van der Waals surface area contributed by atoms with Crippen LogP contribution in [0.5, 0.6) is 0 Å². The van der Waals surface area contributed by atoms with Crippen LogP contribution in [-0.2, 0) is 10.0 Å². The number of hydrogen-bond donors (Lipinski definition) is 2. The maximum absolute atomic E-state index is 12.4. The van der Waals surface area contributed by atoms with Gasteiger partial charge >= 0.3 is 0 Å². The number of halogens is 1. The number of nitrogens with two attached hydrogens (primary N) is 1. The van der Waals surface area contributed by atoms with E-state index >= 15 is 0 Å². The van der Waals surface area contributed by atoms with Crippen LogP contribution in [0.4, 0.5) is 11.4 Å². The number of nitrogen functional groups attached to an aromatic ring is 1. The van der Waals surface area contributed by atoms with Gasteiger partial charge in [0.15, 0.2) is 0 Å². The number of pyridine rings is 1. The van der Waals surface area contributed by atoms with Crippen molar-refractivity contribution in [3.05, 3.63) is 46.7 Å². The van der Waals surface area contributed by atoms with Gasteiger partial charge in [-0.25, -0.2) is 13.4 Å². The number of aryl methyl sites for hydroxylation is 2. The number of nitrogens with one attached hydrogen (secondary N) is 1. The molecule has 1 aromatic heterocycles. The Bertz CT molecular complexity index is 740. The lowest BCUT2D eigenvalue weighted by Gasteiger charge is -2.13. The topological polar surface area (TPSA) is 85.1 Å². The molecule has 20 heavy (non-hydrogen) atoms. The predicted molar refractivity (Wildman–Crippen MR) is 80.4 cm³/mol. The maximum Gasteiger partial charge on any atom is 0.264 e. The molecule has 0 atom stereocenters. The fourth-order valence-electron chi connectivity index (χ4n) is 1.88. The summed E-state index contributed by atoms with van der Waals surface area (Å²) in [5.74, 6) is 0. The van der Waals surface area contributed by atoms with Crippen LogP contribution in [0.15, 0.2) is 35.2 Å². The van der Waals surface area contributed by atoms with E-state index in [1.165, 1.54) is 6.07 Å². The van der Waals surface area contributed by atoms with Gasteiger partial charge in [0.05, 0.1) is 17.1 Å². The molecule has 7 heteroatoms. The number of hydrogen-bond acceptors (Lipinski definition) is 4. The molecule has 0 saturated heterocycles. The molecule has 0 spiro atoms. The average molecular weight is 312 g/mol. The molecule has 0 amide bonds. The van der Waals surface area contributed by atoms with Crippen LogP contribution in [0.25, 0.3) is 0 Å². The summed E-state index contributed by atoms with van der Waals surface area (Å²) >= 11 is 5.75. The summed E-state index contributed by atoms with van der Waals surface area (Å²) in [4.78, 5) is 4.08. The summed E-state index contributed by atoms with van der Waals surface area (Å²) in [6.45, 7) is 3.36. The van der Waals surface area contributed by atoms with Gasteiger partial charge < -0.3 is 5.73 Å². The van der Waals surface area contributed by atoms with E-state index in [1.54, 1.807) is 38.1 Å². The van der Waals surface area contributed by atoms with Gasteiger partial charge in [-0.2, -0.15) is 0 Å². The van der Waals surface area contributed by atoms with E-state index in [1.807, 2.05) is 0 Å². The van der Waals surface area contributed by atoms with E-state index in [2.05, 4.69) is 9.71 Å². The van der Waals surface area contributed by atoms with Gasteiger partial charge in [-0.15, -0.1) is 0 Å². The van der Waals surface area contributed by atoms with Crippen molar-refractivity contribution in [2.75, 3.05) is 10.5 Å². The molecule has 0 radical (unpaired) electrons. The molecular formula is C13H14ClN3O2S. The number of benzene rings is 1. The molecule has 2 aromatic rings. The lowest BCUT2D eigenvalue weighted by atomic mass is 10.2. The van der Waals surface area contributed by atoms with Crippen molar-refractivity contribution in [3.63, 3.8) is 0 Å². The monoisotopic (exact) mass is 311 g/mol. The Morgan fingerprint density at radius 1 is 1.20 bits per heavy atom. The minimum absolute atomic E-state index is 0.0781. The van der Waals surface area contributed by atoms with Gasteiger partial charge in [0.1, 0.15) is 10.0 Å². The van der Waals surface area contributed by atoms with Crippen LogP contribution in [0.2, 0.25) is 5.15 Å². The van der Waals surface area contributed by atoms with Crippen molar-refractivity contribution in [2.45, 2.75) is 18.7 Å². The van der Waals surface area contributed by atoms with Gasteiger partial charge in [-0.05, 0) is 37.6 Å². The largest absolute Gasteiger partial charge is 0.398 e. The first-order valence-electron chi connectivity index (χ1n) is 5.82. The summed E-state index contributed by atoms with van der Waals surface area (Å²) in [5.41, 5.74) is 7.42. The molecule has 0 aliphatic carbocycles. The summed E-state index contributed by atoms with van der Waals surface area (Å²) in [6, 6.07) is 8.04. The molecule has 0 unspecified atom stereocenters. The number of anilines is 2. The zero-order chi connectivity index (χ0) is 14.9. The fraction of sp³-hybridized carbons (Fsp3) is 0.154. The highest BCUT2D eigenvalue weighted by molar-refractivity contribution is 7.93. The number of sulfonamides is 1. The molecule has 1 aromatic carbocycles. The normalized spacial score (nSPS) is 11.3. The number of aromatic nitrogens is 1. The van der Waals surface area contributed by atoms with Crippen molar-refractivity contribution in [1.29, 1.82) is 0 Å². The third-order valence-corrected chi connectivity index (χ3v) is 4.60. The summed E-state index contributed by atoms with van der Waals surface area (Å²) in [7, 11) is -3.77. The smallest absolute Gasteiger partial charge is 0.264 e. The SMILES string of the molecule is Cc1cccc(N)c1S(=O)(=O)Nc1ccc(Cl)nc1C. The quantitative estimate of drug-likeness (QED) is 0.674. The zero-order valence-corrected chi connectivity index (χ0v) is 12.6. The van der Waals surface area contributed by atoms with Crippen LogP contribution in [-0.4, -0.2) is 13.4 Å². The standard InChI is InChI=1S/C13H14ClN3O2S/c1-8-4-3-5-10(15)13(8)20(18,19)17-11-6-7-12(14)16-9(11)2/h3-7,17H,15H2,1-2H3. The zero-order valence-electron chi connectivity index (χ0n) is 11.0. The Morgan fingerprint density at radius 2 is 1.90 bits per heavy atom. The average Bonchev–Trinajstić information content (AvgIpc) is 2.32. The van der Waals surface area contributed by atoms with Crippen molar-refractivity contribution >= 4 is 33.0 Å². The lowest BCUT2D eigenvalue weighted by molar-refractivity contribution is 0.601. The van der Waals surface area contributed by atoms with Gasteiger partial charge in [0.2, 0.25) is 0 Å². The molecule has 0 saturated carbocycles. The van der Waals surface area contributed by atoms with Crippen molar-refractivity contribution in [1.82, 2.24) is 4.98 Å². The van der Waals surface area contributed by atoms with Gasteiger partial charge in [-0.1, -0.05) is 23.7 Å². The first kappa shape index (κ1) is 14.6. The summed E-state index contributed by atoms with van der Waals surface area (Å²) in [5, 5.41) is 0.306. The highest BCUT2D eigenvalue weighted by Gasteiger charge is 2.20. The maximum atomic E-state index is 12.4. The Morgan fingerprint density at radius 3 is 2.50 bits per heavy atom. The van der Waals surface area contributed by atoms with Crippen molar-refractivity contribution in [3.8, 4) is 0 Å². The van der Waals surface area contributed by atoms with Gasteiger partial charge in [0, 0.05) is 0 Å². The van der Waals surface area contributed by atoms with Crippen LogP contribution >= 0.6 is 11.6 Å². The molecule has 5 nitrogen and oxygen atoms in total. The second-order valence-corrected chi connectivity index (χ2v) is 6.37. The second kappa shape index (κ2) is 5.30. The van der Waals surface area contributed by atoms with Crippen LogP contribution in [0, 0.1) is 13.8 Å². The molecular weight excluding hydrogens is 298 g/mol. The fourth-order valence-corrected chi connectivity index (χ4v) is 3.54. The van der Waals surface area contributed by atoms with E-state index in [4.69, 9.17) is 17.3 Å². The number of nitrogens with zero attached hydrogens (tertiary/aromatic N) is 1. The predicted octanol–water partition coefficient (Wildman–Crippen LogP) is 2.73. The first-order valence-corrected chi connectivity index (χ1v) is 7.68. The molecule has 0 bridgehead atoms. The summed E-state index contributed by atoms with van der Waals surface area (Å²) < 4.78 is 27.3. The molecule has 3 N–H and O–H groups in total. The lowest BCUT2D eigenvalue weighted by Crippen LogP contribution is -2.17. The van der Waals surface area contributed by atoms with E-state index < -0.39 is 10.0 Å². The molecule has 0 aliphatic heterocycles. The highest BCUT2D eigenvalue weighted by Crippen LogP contribution is 2.26. The molecule has 2 rings (SSSR count). The Kier molecular flexibility index (Phi) is 3.87. The second-order valence-electron chi connectivity index (χ2n) is 4.37. The molecule has 0 aliphatic rings.